The number of hydrogen-bond donors (Lipinski definition) is 2. The second-order valence-electron chi connectivity index (χ2n) is 5.03. The zero-order valence-corrected chi connectivity index (χ0v) is 12.3. The number of hydrogen-bond acceptors (Lipinski definition) is 3. The minimum atomic E-state index is -4.45. The molecule has 1 aromatic carbocycles. The Hall–Kier alpha value is -2.48. The van der Waals surface area contributed by atoms with Crippen LogP contribution in [0.3, 0.4) is 0 Å². The van der Waals surface area contributed by atoms with Gasteiger partial charge in [0.05, 0.1) is 5.56 Å². The predicted molar refractivity (Wildman–Crippen MR) is 77.3 cm³/mol. The molecule has 0 saturated carbocycles. The van der Waals surface area contributed by atoms with Crippen molar-refractivity contribution in [1.29, 1.82) is 0 Å². The Kier molecular flexibility index (Phi) is 5.50. The minimum Gasteiger partial charge on any atom is -0.378 e. The summed E-state index contributed by atoms with van der Waals surface area (Å²) in [5.41, 5.74) is -0.233. The summed E-state index contributed by atoms with van der Waals surface area (Å²) >= 11 is 0. The van der Waals surface area contributed by atoms with E-state index in [0.29, 0.717) is 5.69 Å². The van der Waals surface area contributed by atoms with Crippen LogP contribution in [0.2, 0.25) is 0 Å². The summed E-state index contributed by atoms with van der Waals surface area (Å²) in [5.74, 6) is -1.17. The summed E-state index contributed by atoms with van der Waals surface area (Å²) in [4.78, 5) is 15.5. The zero-order valence-electron chi connectivity index (χ0n) is 12.3. The number of halogens is 4. The third-order valence-electron chi connectivity index (χ3n) is 3.27. The molecule has 0 bridgehead atoms. The van der Waals surface area contributed by atoms with Crippen molar-refractivity contribution in [2.75, 3.05) is 6.54 Å². The lowest BCUT2D eigenvalue weighted by atomic mass is 10.1. The van der Waals surface area contributed by atoms with Gasteiger partial charge in [0.1, 0.15) is 5.82 Å². The number of carbonyl (C=O) groups excluding carboxylic acids is 1. The van der Waals surface area contributed by atoms with Crippen molar-refractivity contribution < 1.29 is 27.5 Å². The first-order chi connectivity index (χ1) is 11.3. The number of nitrogens with zero attached hydrogens (tertiary/aromatic N) is 1. The monoisotopic (exact) mass is 342 g/mol. The maximum absolute atomic E-state index is 12.8. The first kappa shape index (κ1) is 17.9. The number of rotatable bonds is 5. The normalized spacial score (nSPS) is 12.7. The molecule has 0 radical (unpaired) electrons. The molecule has 2 aromatic rings. The van der Waals surface area contributed by atoms with Crippen molar-refractivity contribution >= 4 is 5.91 Å². The summed E-state index contributed by atoms with van der Waals surface area (Å²) in [6.07, 6.45) is -4.96. The Labute approximate surface area is 135 Å². The van der Waals surface area contributed by atoms with Crippen molar-refractivity contribution in [3.8, 4) is 0 Å². The predicted octanol–water partition coefficient (Wildman–Crippen LogP) is 2.63. The second kappa shape index (κ2) is 7.39. The highest BCUT2D eigenvalue weighted by atomic mass is 19.4. The van der Waals surface area contributed by atoms with E-state index < -0.39 is 29.6 Å². The molecular weight excluding hydrogens is 328 g/mol. The smallest absolute Gasteiger partial charge is 0.378 e. The van der Waals surface area contributed by atoms with Gasteiger partial charge in [0.2, 0.25) is 0 Å². The van der Waals surface area contributed by atoms with Crippen molar-refractivity contribution in [3.63, 3.8) is 0 Å². The SMILES string of the molecule is O=C(NCCc1ccc(C(F)(F)F)cn1)C(O)c1ccc(F)cc1. The molecule has 2 rings (SSSR count). The highest BCUT2D eigenvalue weighted by Crippen LogP contribution is 2.28. The van der Waals surface area contributed by atoms with Gasteiger partial charge in [-0.05, 0) is 29.8 Å². The van der Waals surface area contributed by atoms with Gasteiger partial charge in [-0.25, -0.2) is 4.39 Å². The minimum absolute atomic E-state index is 0.0927. The van der Waals surface area contributed by atoms with Crippen LogP contribution < -0.4 is 5.32 Å². The Morgan fingerprint density at radius 3 is 2.38 bits per heavy atom. The summed E-state index contributed by atoms with van der Waals surface area (Å²) < 4.78 is 50.0. The quantitative estimate of drug-likeness (QED) is 0.821. The molecule has 1 aromatic heterocycles. The largest absolute Gasteiger partial charge is 0.417 e. The lowest BCUT2D eigenvalue weighted by Gasteiger charge is -2.12. The summed E-state index contributed by atoms with van der Waals surface area (Å²) in [7, 11) is 0. The number of aliphatic hydroxyl groups excluding tert-OH is 1. The van der Waals surface area contributed by atoms with Gasteiger partial charge < -0.3 is 10.4 Å². The molecule has 1 heterocycles. The van der Waals surface area contributed by atoms with Crippen LogP contribution in [0.4, 0.5) is 17.6 Å². The number of alkyl halides is 3. The van der Waals surface area contributed by atoms with E-state index in [-0.39, 0.29) is 18.5 Å². The fourth-order valence-electron chi connectivity index (χ4n) is 1.95. The number of aliphatic hydroxyl groups is 1. The Balaban J connectivity index is 1.85. The van der Waals surface area contributed by atoms with Crippen LogP contribution in [-0.2, 0) is 17.4 Å². The maximum atomic E-state index is 12.8. The Morgan fingerprint density at radius 1 is 1.17 bits per heavy atom. The third kappa shape index (κ3) is 4.76. The summed E-state index contributed by atoms with van der Waals surface area (Å²) in [6, 6.07) is 6.97. The number of carbonyl (C=O) groups is 1. The van der Waals surface area contributed by atoms with E-state index in [1.807, 2.05) is 0 Å². The first-order valence-electron chi connectivity index (χ1n) is 7.01. The topological polar surface area (TPSA) is 62.2 Å². The average molecular weight is 342 g/mol. The van der Waals surface area contributed by atoms with Crippen LogP contribution in [0.25, 0.3) is 0 Å². The fraction of sp³-hybridized carbons (Fsp3) is 0.250. The van der Waals surface area contributed by atoms with Crippen molar-refractivity contribution in [2.45, 2.75) is 18.7 Å². The number of nitrogens with one attached hydrogen (secondary N) is 1. The van der Waals surface area contributed by atoms with Gasteiger partial charge in [-0.1, -0.05) is 12.1 Å². The van der Waals surface area contributed by atoms with E-state index in [0.717, 1.165) is 24.4 Å². The molecule has 0 aliphatic carbocycles. The fourth-order valence-corrected chi connectivity index (χ4v) is 1.95. The molecule has 2 N–H and O–H groups in total. The van der Waals surface area contributed by atoms with Gasteiger partial charge in [0.15, 0.2) is 6.10 Å². The number of amides is 1. The molecule has 8 heteroatoms. The summed E-state index contributed by atoms with van der Waals surface area (Å²) in [5, 5.41) is 12.3. The van der Waals surface area contributed by atoms with Crippen molar-refractivity contribution in [2.24, 2.45) is 0 Å². The van der Waals surface area contributed by atoms with Gasteiger partial charge in [-0.2, -0.15) is 13.2 Å². The molecule has 0 fully saturated rings. The van der Waals surface area contributed by atoms with Crippen LogP contribution >= 0.6 is 0 Å². The maximum Gasteiger partial charge on any atom is 0.417 e. The third-order valence-corrected chi connectivity index (χ3v) is 3.27. The Bertz CT molecular complexity index is 685. The van der Waals surface area contributed by atoms with Crippen LogP contribution in [0.5, 0.6) is 0 Å². The molecule has 0 aliphatic rings. The zero-order chi connectivity index (χ0) is 17.7. The van der Waals surface area contributed by atoms with E-state index in [2.05, 4.69) is 10.3 Å². The average Bonchev–Trinajstić information content (AvgIpc) is 2.54. The molecule has 1 unspecified atom stereocenters. The standard InChI is InChI=1S/C16H14F4N2O2/c17-12-4-1-10(2-5-12)14(23)15(24)21-8-7-13-6-3-11(9-22-13)16(18,19)20/h1-6,9,14,23H,7-8H2,(H,21,24). The number of pyridine rings is 1. The molecule has 4 nitrogen and oxygen atoms in total. The Morgan fingerprint density at radius 2 is 1.83 bits per heavy atom. The highest BCUT2D eigenvalue weighted by molar-refractivity contribution is 5.81. The van der Waals surface area contributed by atoms with E-state index in [9.17, 15) is 27.5 Å². The molecule has 128 valence electrons. The molecule has 24 heavy (non-hydrogen) atoms. The molecule has 1 amide bonds. The lowest BCUT2D eigenvalue weighted by molar-refractivity contribution is -0.137. The second-order valence-corrected chi connectivity index (χ2v) is 5.03. The van der Waals surface area contributed by atoms with Crippen molar-refractivity contribution in [3.05, 3.63) is 65.2 Å². The van der Waals surface area contributed by atoms with Crippen LogP contribution in [0.15, 0.2) is 42.6 Å². The molecule has 0 spiro atoms. The van der Waals surface area contributed by atoms with Crippen LogP contribution in [0, 0.1) is 5.82 Å². The van der Waals surface area contributed by atoms with E-state index in [1.165, 1.54) is 18.2 Å². The highest BCUT2D eigenvalue weighted by Gasteiger charge is 2.30. The lowest BCUT2D eigenvalue weighted by Crippen LogP contribution is -2.31. The van der Waals surface area contributed by atoms with E-state index in [1.54, 1.807) is 0 Å². The summed E-state index contributed by atoms with van der Waals surface area (Å²) in [6.45, 7) is 0.0927. The van der Waals surface area contributed by atoms with Crippen LogP contribution in [-0.4, -0.2) is 22.5 Å². The van der Waals surface area contributed by atoms with Gasteiger partial charge in [0.25, 0.3) is 5.91 Å². The molecular formula is C16H14F4N2O2. The van der Waals surface area contributed by atoms with Crippen LogP contribution in [0.1, 0.15) is 22.9 Å². The van der Waals surface area contributed by atoms with E-state index in [4.69, 9.17) is 0 Å². The number of benzene rings is 1. The van der Waals surface area contributed by atoms with Gasteiger partial charge in [0, 0.05) is 24.9 Å². The molecule has 0 saturated heterocycles. The molecule has 0 aliphatic heterocycles. The number of aromatic nitrogens is 1. The van der Waals surface area contributed by atoms with Gasteiger partial charge >= 0.3 is 6.18 Å². The first-order valence-corrected chi connectivity index (χ1v) is 7.01. The van der Waals surface area contributed by atoms with Gasteiger partial charge in [-0.15, -0.1) is 0 Å². The van der Waals surface area contributed by atoms with Gasteiger partial charge in [-0.3, -0.25) is 9.78 Å². The van der Waals surface area contributed by atoms with E-state index >= 15 is 0 Å². The molecule has 1 atom stereocenters. The van der Waals surface area contributed by atoms with Crippen molar-refractivity contribution in [1.82, 2.24) is 10.3 Å².